The van der Waals surface area contributed by atoms with E-state index in [0.717, 1.165) is 20.2 Å². The summed E-state index contributed by atoms with van der Waals surface area (Å²) in [6, 6.07) is 9.66. The standard InChI is InChI=1S/C19H20N3O13P3S2/c23-16-11(8-32-37(28,29)35-38(30,31)34-36(25,26)27)33-19(17(16)24)22-9-21-15-10(5-6-20-18(15)22)12-3-4-14(40-12)13-2-1-7-39-13/h1-7,9,11,16-17,19,23-24H,8H2,(H,28,29)(H,30,31)(H2,25,26,27)/p-3/t11-,16?,17+,19-/m1/s1. The van der Waals surface area contributed by atoms with Crippen LogP contribution >= 0.6 is 46.1 Å². The van der Waals surface area contributed by atoms with E-state index in [4.69, 9.17) is 9.63 Å². The average Bonchev–Trinajstić information content (AvgIpc) is 3.63. The molecule has 1 fully saturated rings. The zero-order valence-electron chi connectivity index (χ0n) is 19.6. The van der Waals surface area contributed by atoms with E-state index in [-0.39, 0.29) is 5.65 Å². The van der Waals surface area contributed by atoms with E-state index in [9.17, 15) is 38.6 Å². The SMILES string of the molecule is O=P([O-])(O)OP(=O)([O-])OP(=O)([O-])OC[C@H]1O[C@@H](n2cnc3c(-c4ccc(-c5cccs5)s4)ccnc32)[C@@H](O)C1O. The van der Waals surface area contributed by atoms with Crippen molar-refractivity contribution in [2.75, 3.05) is 6.61 Å². The maximum atomic E-state index is 11.8. The largest absolute Gasteiger partial charge is 0.756 e. The number of aliphatic hydroxyl groups excluding tert-OH is 2. The molecule has 3 N–H and O–H groups in total. The van der Waals surface area contributed by atoms with E-state index in [0.29, 0.717) is 5.52 Å². The molecule has 16 nitrogen and oxygen atoms in total. The lowest BCUT2D eigenvalue weighted by atomic mass is 10.1. The summed E-state index contributed by atoms with van der Waals surface area (Å²) in [6.07, 6.45) is -3.31. The Balaban J connectivity index is 1.32. The molecule has 4 unspecified atom stereocenters. The van der Waals surface area contributed by atoms with Crippen LogP contribution in [0, 0.1) is 0 Å². The van der Waals surface area contributed by atoms with Crippen LogP contribution in [-0.2, 0) is 31.6 Å². The molecule has 5 rings (SSSR count). The number of ether oxygens (including phenoxy) is 1. The summed E-state index contributed by atoms with van der Waals surface area (Å²) in [7, 11) is -17.8. The summed E-state index contributed by atoms with van der Waals surface area (Å²) < 4.78 is 51.8. The molecule has 4 aromatic heterocycles. The van der Waals surface area contributed by atoms with Crippen molar-refractivity contribution in [3.63, 3.8) is 0 Å². The molecular weight excluding hydrogens is 635 g/mol. The van der Waals surface area contributed by atoms with Crippen molar-refractivity contribution >= 4 is 57.3 Å². The molecule has 7 atom stereocenters. The third-order valence-corrected chi connectivity index (χ3v) is 11.4. The number of thiophene rings is 2. The van der Waals surface area contributed by atoms with Crippen LogP contribution in [0.25, 0.3) is 31.4 Å². The molecule has 0 aliphatic carbocycles. The topological polar surface area (TPSA) is 249 Å². The van der Waals surface area contributed by atoms with Crippen molar-refractivity contribution < 1.29 is 61.4 Å². The van der Waals surface area contributed by atoms with E-state index in [1.807, 2.05) is 29.6 Å². The van der Waals surface area contributed by atoms with Gasteiger partial charge in [-0.15, -0.1) is 22.7 Å². The maximum Gasteiger partial charge on any atom is 0.280 e. The number of hydrogen-bond donors (Lipinski definition) is 3. The van der Waals surface area contributed by atoms with Crippen LogP contribution in [-0.4, -0.2) is 54.6 Å². The van der Waals surface area contributed by atoms with Gasteiger partial charge in [-0.1, -0.05) is 6.07 Å². The molecular formula is C19H17N3O13P3S2-3. The minimum atomic E-state index is -6.09. The quantitative estimate of drug-likeness (QED) is 0.202. The molecule has 1 aliphatic rings. The van der Waals surface area contributed by atoms with Crippen LogP contribution in [0.1, 0.15) is 6.23 Å². The third-order valence-electron chi connectivity index (χ3n) is 5.51. The van der Waals surface area contributed by atoms with Gasteiger partial charge in [0.2, 0.25) is 0 Å². The van der Waals surface area contributed by atoms with Crippen LogP contribution in [0.4, 0.5) is 0 Å². The third kappa shape index (κ3) is 6.52. The van der Waals surface area contributed by atoms with E-state index in [1.54, 1.807) is 28.7 Å². The smallest absolute Gasteiger partial charge is 0.280 e. The second-order valence-electron chi connectivity index (χ2n) is 8.19. The van der Waals surface area contributed by atoms with Gasteiger partial charge in [0.1, 0.15) is 23.8 Å². The van der Waals surface area contributed by atoms with Gasteiger partial charge in [-0.05, 0) is 29.6 Å². The van der Waals surface area contributed by atoms with Crippen molar-refractivity contribution in [1.82, 2.24) is 14.5 Å². The Bertz CT molecular complexity index is 1650. The molecule has 0 radical (unpaired) electrons. The Morgan fingerprint density at radius 3 is 2.42 bits per heavy atom. The van der Waals surface area contributed by atoms with Gasteiger partial charge in [0.05, 0.1) is 12.9 Å². The van der Waals surface area contributed by atoms with Crippen LogP contribution < -0.4 is 14.7 Å². The zero-order chi connectivity index (χ0) is 28.9. The predicted octanol–water partition coefficient (Wildman–Crippen LogP) is 0.955. The van der Waals surface area contributed by atoms with Crippen LogP contribution in [0.5, 0.6) is 0 Å². The molecule has 4 aromatic rings. The summed E-state index contributed by atoms with van der Waals surface area (Å²) in [5, 5.41) is 23.0. The van der Waals surface area contributed by atoms with E-state index >= 15 is 0 Å². The fourth-order valence-electron chi connectivity index (χ4n) is 3.90. The van der Waals surface area contributed by atoms with Gasteiger partial charge in [0, 0.05) is 26.4 Å². The summed E-state index contributed by atoms with van der Waals surface area (Å²) in [6.45, 7) is -1.05. The Hall–Kier alpha value is -1.69. The Morgan fingerprint density at radius 1 is 0.975 bits per heavy atom. The van der Waals surface area contributed by atoms with E-state index in [1.165, 1.54) is 17.1 Å². The van der Waals surface area contributed by atoms with Gasteiger partial charge >= 0.3 is 0 Å². The Kier molecular flexibility index (Phi) is 8.33. The van der Waals surface area contributed by atoms with Crippen molar-refractivity contribution in [2.24, 2.45) is 0 Å². The second-order valence-corrected chi connectivity index (χ2v) is 14.5. The molecule has 0 saturated carbocycles. The Morgan fingerprint density at radius 2 is 1.73 bits per heavy atom. The second kappa shape index (κ2) is 11.2. The normalized spacial score (nSPS) is 25.9. The number of aromatic nitrogens is 3. The number of rotatable bonds is 10. The van der Waals surface area contributed by atoms with E-state index < -0.39 is 54.6 Å². The minimum absolute atomic E-state index is 0.287. The zero-order valence-corrected chi connectivity index (χ0v) is 23.9. The predicted molar refractivity (Wildman–Crippen MR) is 133 cm³/mol. The molecule has 216 valence electrons. The van der Waals surface area contributed by atoms with Crippen LogP contribution in [0.2, 0.25) is 0 Å². The van der Waals surface area contributed by atoms with Gasteiger partial charge in [0.15, 0.2) is 11.9 Å². The molecule has 0 spiro atoms. The van der Waals surface area contributed by atoms with Gasteiger partial charge in [0.25, 0.3) is 23.5 Å². The Labute approximate surface area is 232 Å². The van der Waals surface area contributed by atoms with Gasteiger partial charge in [-0.3, -0.25) is 18.3 Å². The number of phosphoric ester groups is 1. The van der Waals surface area contributed by atoms with Gasteiger partial charge in [-0.2, -0.15) is 0 Å². The highest BCUT2D eigenvalue weighted by Crippen LogP contribution is 2.61. The monoisotopic (exact) mass is 652 g/mol. The lowest BCUT2D eigenvalue weighted by Gasteiger charge is -2.33. The van der Waals surface area contributed by atoms with Crippen LogP contribution in [0.3, 0.4) is 0 Å². The number of phosphoric acid groups is 3. The average molecular weight is 652 g/mol. The lowest BCUT2D eigenvalue weighted by molar-refractivity contribution is -0.250. The molecule has 21 heteroatoms. The molecule has 0 amide bonds. The van der Waals surface area contributed by atoms with Crippen LogP contribution in [0.15, 0.2) is 48.2 Å². The summed E-state index contributed by atoms with van der Waals surface area (Å²) in [5.74, 6) is 0. The summed E-state index contributed by atoms with van der Waals surface area (Å²) >= 11 is 3.15. The van der Waals surface area contributed by atoms with Gasteiger partial charge in [-0.25, -0.2) is 18.6 Å². The minimum Gasteiger partial charge on any atom is -0.756 e. The van der Waals surface area contributed by atoms with Crippen molar-refractivity contribution in [3.05, 3.63) is 48.2 Å². The highest BCUT2D eigenvalue weighted by Gasteiger charge is 2.45. The lowest BCUT2D eigenvalue weighted by Crippen LogP contribution is -2.34. The van der Waals surface area contributed by atoms with E-state index in [2.05, 4.69) is 23.1 Å². The highest BCUT2D eigenvalue weighted by molar-refractivity contribution is 7.65. The molecule has 0 bridgehead atoms. The van der Waals surface area contributed by atoms with Crippen molar-refractivity contribution in [1.29, 1.82) is 0 Å². The molecule has 1 aliphatic heterocycles. The molecule has 0 aromatic carbocycles. The molecule has 1 saturated heterocycles. The first-order valence-corrected chi connectivity index (χ1v) is 17.0. The first-order valence-electron chi connectivity index (χ1n) is 10.9. The molecule has 40 heavy (non-hydrogen) atoms. The fourth-order valence-corrected chi connectivity index (χ4v) is 8.66. The number of hydrogen-bond acceptors (Lipinski definition) is 16. The number of aliphatic hydroxyl groups is 2. The first kappa shape index (κ1) is 29.8. The first-order chi connectivity index (χ1) is 18.7. The number of imidazole rings is 1. The summed E-state index contributed by atoms with van der Waals surface area (Å²) in [4.78, 5) is 54.0. The summed E-state index contributed by atoms with van der Waals surface area (Å²) in [5.41, 5.74) is 1.51. The van der Waals surface area contributed by atoms with Crippen molar-refractivity contribution in [2.45, 2.75) is 24.5 Å². The number of pyridine rings is 1. The van der Waals surface area contributed by atoms with Crippen molar-refractivity contribution in [3.8, 4) is 20.2 Å². The number of nitrogens with zero attached hydrogens (tertiary/aromatic N) is 3. The number of fused-ring (bicyclic) bond motifs is 1. The fraction of sp³-hybridized carbons (Fsp3) is 0.263. The maximum absolute atomic E-state index is 11.8. The van der Waals surface area contributed by atoms with Gasteiger partial charge < -0.3 is 39.0 Å². The molecule has 5 heterocycles. The highest BCUT2D eigenvalue weighted by atomic mass is 32.1.